The van der Waals surface area contributed by atoms with E-state index in [2.05, 4.69) is 4.99 Å². The predicted molar refractivity (Wildman–Crippen MR) is 136 cm³/mol. The monoisotopic (exact) mass is 511 g/mol. The minimum absolute atomic E-state index is 0.0249. The number of carboxylic acid groups (broad SMARTS) is 1. The number of carbonyl (C=O) groups is 3. The Kier molecular flexibility index (Phi) is 8.91. The number of aliphatic imine (C=N–C) groups is 1. The zero-order chi connectivity index (χ0) is 26.2. The Bertz CT molecular complexity index is 1280. The van der Waals surface area contributed by atoms with Crippen molar-refractivity contribution in [3.63, 3.8) is 0 Å². The molecule has 10 heteroatoms. The van der Waals surface area contributed by atoms with Crippen LogP contribution in [0.1, 0.15) is 35.3 Å². The summed E-state index contributed by atoms with van der Waals surface area (Å²) in [4.78, 5) is 40.7. The van der Waals surface area contributed by atoms with Gasteiger partial charge in [0, 0.05) is 5.56 Å². The number of hydrogen-bond acceptors (Lipinski definition) is 8. The average molecular weight is 512 g/mol. The number of aliphatic carboxylic acids is 1. The lowest BCUT2D eigenvalue weighted by molar-refractivity contribution is -0.139. The molecule has 0 saturated heterocycles. The third-order valence-electron chi connectivity index (χ3n) is 4.87. The molecule has 1 aliphatic rings. The summed E-state index contributed by atoms with van der Waals surface area (Å²) < 4.78 is 15.9. The molecule has 2 N–H and O–H groups in total. The molecule has 0 bridgehead atoms. The lowest BCUT2D eigenvalue weighted by atomic mass is 10.1. The summed E-state index contributed by atoms with van der Waals surface area (Å²) in [7, 11) is 0. The van der Waals surface area contributed by atoms with E-state index < -0.39 is 24.5 Å². The highest BCUT2D eigenvalue weighted by molar-refractivity contribution is 8.18. The third-order valence-corrected chi connectivity index (χ3v) is 5.89. The number of hydrogen-bond donors (Lipinski definition) is 2. The van der Waals surface area contributed by atoms with Crippen molar-refractivity contribution in [1.82, 2.24) is 0 Å². The molecule has 1 heterocycles. The van der Waals surface area contributed by atoms with E-state index in [1.807, 2.05) is 0 Å². The third kappa shape index (κ3) is 6.33. The molecule has 0 spiro atoms. The van der Waals surface area contributed by atoms with E-state index in [1.165, 1.54) is 0 Å². The fourth-order valence-electron chi connectivity index (χ4n) is 3.25. The molecular formula is C26H25NO8S. The summed E-state index contributed by atoms with van der Waals surface area (Å²) in [5.41, 5.74) is 1.49. The molecule has 0 fully saturated rings. The summed E-state index contributed by atoms with van der Waals surface area (Å²) >= 11 is 0.958. The van der Waals surface area contributed by atoms with Gasteiger partial charge >= 0.3 is 11.9 Å². The Morgan fingerprint density at radius 1 is 1.03 bits per heavy atom. The fraction of sp³-hybridized carbons (Fsp3) is 0.231. The van der Waals surface area contributed by atoms with Crippen molar-refractivity contribution >= 4 is 40.7 Å². The largest absolute Gasteiger partial charge is 0.506 e. The number of thioether (sulfide) groups is 1. The van der Waals surface area contributed by atoms with Gasteiger partial charge in [0.05, 0.1) is 18.1 Å². The number of aliphatic hydroxyl groups is 1. The Labute approximate surface area is 212 Å². The van der Waals surface area contributed by atoms with Crippen LogP contribution in [-0.2, 0) is 14.3 Å². The first kappa shape index (κ1) is 26.6. The number of aryl methyl sites for hydroxylation is 1. The molecule has 0 atom stereocenters. The molecule has 2 aromatic rings. The number of benzene rings is 2. The van der Waals surface area contributed by atoms with Crippen LogP contribution in [0.25, 0.3) is 6.08 Å². The second kappa shape index (κ2) is 12.1. The van der Waals surface area contributed by atoms with Gasteiger partial charge in [-0.2, -0.15) is 0 Å². The lowest BCUT2D eigenvalue weighted by Crippen LogP contribution is -2.14. The van der Waals surface area contributed by atoms with Gasteiger partial charge in [-0.1, -0.05) is 36.0 Å². The average Bonchev–Trinajstić information content (AvgIpc) is 3.13. The Morgan fingerprint density at radius 3 is 2.44 bits per heavy atom. The molecule has 1 amide bonds. The molecule has 0 radical (unpaired) electrons. The van der Waals surface area contributed by atoms with Crippen molar-refractivity contribution in [2.24, 2.45) is 4.99 Å². The van der Waals surface area contributed by atoms with E-state index in [0.29, 0.717) is 23.5 Å². The van der Waals surface area contributed by atoms with E-state index in [1.54, 1.807) is 69.3 Å². The number of ether oxygens (including phenoxy) is 3. The highest BCUT2D eigenvalue weighted by Gasteiger charge is 2.34. The van der Waals surface area contributed by atoms with Crippen LogP contribution in [0.2, 0.25) is 0 Å². The molecule has 0 saturated carbocycles. The van der Waals surface area contributed by atoms with Crippen molar-refractivity contribution in [3.8, 4) is 11.5 Å². The van der Waals surface area contributed by atoms with Gasteiger partial charge in [0.1, 0.15) is 16.4 Å². The molecular weight excluding hydrogens is 486 g/mol. The highest BCUT2D eigenvalue weighted by Crippen LogP contribution is 2.40. The van der Waals surface area contributed by atoms with Crippen molar-refractivity contribution in [2.75, 3.05) is 19.8 Å². The van der Waals surface area contributed by atoms with Gasteiger partial charge in [-0.15, -0.1) is 0 Å². The topological polar surface area (TPSA) is 132 Å². The molecule has 0 unspecified atom stereocenters. The highest BCUT2D eigenvalue weighted by atomic mass is 32.2. The fourth-order valence-corrected chi connectivity index (χ4v) is 4.26. The van der Waals surface area contributed by atoms with Crippen molar-refractivity contribution < 1.29 is 38.8 Å². The van der Waals surface area contributed by atoms with Crippen LogP contribution in [-0.4, -0.2) is 52.9 Å². The van der Waals surface area contributed by atoms with E-state index >= 15 is 0 Å². The normalized spacial score (nSPS) is 15.3. The summed E-state index contributed by atoms with van der Waals surface area (Å²) in [5, 5.41) is 19.8. The van der Waals surface area contributed by atoms with Crippen LogP contribution in [0.15, 0.2) is 63.7 Å². The Morgan fingerprint density at radius 2 is 1.78 bits per heavy atom. The van der Waals surface area contributed by atoms with Crippen LogP contribution < -0.4 is 9.47 Å². The SMILES string of the molecule is CCOC(=O)C1=C(O)/C(=C/c2ccc(OCC(=O)O)c(OCC)c2)SC1=NC(=O)c1ccccc1C. The molecule has 3 rings (SSSR count). The van der Waals surface area contributed by atoms with Gasteiger partial charge in [0.2, 0.25) is 0 Å². The van der Waals surface area contributed by atoms with Crippen LogP contribution >= 0.6 is 11.8 Å². The quantitative estimate of drug-likeness (QED) is 0.465. The number of esters is 1. The minimum atomic E-state index is -1.13. The zero-order valence-electron chi connectivity index (χ0n) is 19.9. The molecule has 0 aromatic heterocycles. The second-order valence-corrected chi connectivity index (χ2v) is 8.44. The minimum Gasteiger partial charge on any atom is -0.506 e. The summed E-state index contributed by atoms with van der Waals surface area (Å²) in [5.74, 6) is -2.27. The standard InChI is InChI=1S/C26H25NO8S/c1-4-33-19-12-16(10-11-18(19)35-14-21(28)29)13-20-23(30)22(26(32)34-5-2)25(36-20)27-24(31)17-9-7-6-8-15(17)3/h6-13,30H,4-5,14H2,1-3H3,(H,28,29)/b20-13-,27-25?. The predicted octanol–water partition coefficient (Wildman–Crippen LogP) is 4.56. The molecule has 1 aliphatic heterocycles. The number of rotatable bonds is 9. The summed E-state index contributed by atoms with van der Waals surface area (Å²) in [6.07, 6.45) is 1.59. The van der Waals surface area contributed by atoms with E-state index in [-0.39, 0.29) is 33.6 Å². The van der Waals surface area contributed by atoms with Crippen LogP contribution in [0.4, 0.5) is 0 Å². The van der Waals surface area contributed by atoms with E-state index in [0.717, 1.165) is 17.3 Å². The first-order valence-corrected chi connectivity index (χ1v) is 11.9. The van der Waals surface area contributed by atoms with Gasteiger partial charge < -0.3 is 24.4 Å². The van der Waals surface area contributed by atoms with Crippen LogP contribution in [0, 0.1) is 6.92 Å². The van der Waals surface area contributed by atoms with Crippen LogP contribution in [0.3, 0.4) is 0 Å². The van der Waals surface area contributed by atoms with Crippen molar-refractivity contribution in [2.45, 2.75) is 20.8 Å². The number of carboxylic acids is 1. The smallest absolute Gasteiger partial charge is 0.344 e. The first-order chi connectivity index (χ1) is 17.2. The molecule has 0 aliphatic carbocycles. The second-order valence-electron chi connectivity index (χ2n) is 7.41. The maximum atomic E-state index is 12.8. The van der Waals surface area contributed by atoms with Crippen molar-refractivity contribution in [3.05, 3.63) is 75.4 Å². The van der Waals surface area contributed by atoms with E-state index in [9.17, 15) is 19.5 Å². The van der Waals surface area contributed by atoms with Gasteiger partial charge in [0.15, 0.2) is 18.1 Å². The maximum Gasteiger partial charge on any atom is 0.344 e. The Hall–Kier alpha value is -4.05. The maximum absolute atomic E-state index is 12.8. The van der Waals surface area contributed by atoms with Gasteiger partial charge in [0.25, 0.3) is 5.91 Å². The number of amides is 1. The first-order valence-electron chi connectivity index (χ1n) is 11.1. The lowest BCUT2D eigenvalue weighted by Gasteiger charge is -2.11. The molecule has 188 valence electrons. The number of carbonyl (C=O) groups excluding carboxylic acids is 2. The number of aliphatic hydroxyl groups excluding tert-OH is 1. The molecule has 36 heavy (non-hydrogen) atoms. The van der Waals surface area contributed by atoms with E-state index in [4.69, 9.17) is 19.3 Å². The number of nitrogens with zero attached hydrogens (tertiary/aromatic N) is 1. The summed E-state index contributed by atoms with van der Waals surface area (Å²) in [6, 6.07) is 11.7. The van der Waals surface area contributed by atoms with Crippen LogP contribution in [0.5, 0.6) is 11.5 Å². The Balaban J connectivity index is 2.00. The van der Waals surface area contributed by atoms with Gasteiger partial charge in [-0.3, -0.25) is 4.79 Å². The summed E-state index contributed by atoms with van der Waals surface area (Å²) in [6.45, 7) is 5.04. The van der Waals surface area contributed by atoms with Gasteiger partial charge in [-0.25, -0.2) is 14.6 Å². The van der Waals surface area contributed by atoms with Crippen molar-refractivity contribution in [1.29, 1.82) is 0 Å². The molecule has 2 aromatic carbocycles. The molecule has 9 nitrogen and oxygen atoms in total. The zero-order valence-corrected chi connectivity index (χ0v) is 20.8. The van der Waals surface area contributed by atoms with Gasteiger partial charge in [-0.05, 0) is 56.2 Å².